The highest BCUT2D eigenvalue weighted by Crippen LogP contribution is 2.27. The summed E-state index contributed by atoms with van der Waals surface area (Å²) < 4.78 is 0. The molecule has 1 aromatic rings. The number of aromatic nitrogens is 1. The third kappa shape index (κ3) is 2.58. The molecule has 0 aliphatic carbocycles. The molecule has 2 rings (SSSR count). The zero-order valence-corrected chi connectivity index (χ0v) is 11.4. The van der Waals surface area contributed by atoms with Gasteiger partial charge in [0.05, 0.1) is 5.02 Å². The highest BCUT2D eigenvalue weighted by molar-refractivity contribution is 7.99. The maximum absolute atomic E-state index is 5.99. The quantitative estimate of drug-likeness (QED) is 0.788. The molecule has 16 heavy (non-hydrogen) atoms. The van der Waals surface area contributed by atoms with E-state index in [4.69, 9.17) is 23.2 Å². The number of pyridine rings is 1. The van der Waals surface area contributed by atoms with Gasteiger partial charge >= 0.3 is 0 Å². The van der Waals surface area contributed by atoms with Gasteiger partial charge in [0, 0.05) is 30.9 Å². The van der Waals surface area contributed by atoms with Crippen molar-refractivity contribution in [2.24, 2.45) is 0 Å². The first-order valence-corrected chi connectivity index (χ1v) is 7.30. The average Bonchev–Trinajstić information content (AvgIpc) is 2.82. The third-order valence-electron chi connectivity index (χ3n) is 2.88. The van der Waals surface area contributed by atoms with Gasteiger partial charge in [-0.3, -0.25) is 0 Å². The second-order valence-corrected chi connectivity index (χ2v) is 5.72. The van der Waals surface area contributed by atoms with Crippen LogP contribution in [0.3, 0.4) is 0 Å². The Balaban J connectivity index is 2.19. The largest absolute Gasteiger partial charge is 0.356 e. The molecule has 1 aromatic heterocycles. The van der Waals surface area contributed by atoms with Gasteiger partial charge in [0.15, 0.2) is 0 Å². The molecule has 2 heterocycles. The Bertz CT molecular complexity index is 367. The molecule has 5 heteroatoms. The lowest BCUT2D eigenvalue weighted by atomic mass is 10.2. The first-order chi connectivity index (χ1) is 7.72. The van der Waals surface area contributed by atoms with Gasteiger partial charge in [-0.1, -0.05) is 11.6 Å². The first-order valence-electron chi connectivity index (χ1n) is 5.23. The number of halogens is 2. The minimum absolute atomic E-state index is 0.432. The van der Waals surface area contributed by atoms with Crippen molar-refractivity contribution in [2.45, 2.75) is 18.3 Å². The van der Waals surface area contributed by atoms with Crippen molar-refractivity contribution in [3.8, 4) is 0 Å². The summed E-state index contributed by atoms with van der Waals surface area (Å²) in [5.41, 5.74) is 0.950. The van der Waals surface area contributed by atoms with E-state index in [1.54, 1.807) is 6.20 Å². The maximum Gasteiger partial charge on any atom is 0.128 e. The number of alkyl halides is 1. The number of hydrogen-bond acceptors (Lipinski definition) is 3. The molecule has 1 fully saturated rings. The monoisotopic (exact) mass is 276 g/mol. The van der Waals surface area contributed by atoms with E-state index in [9.17, 15) is 0 Å². The van der Waals surface area contributed by atoms with E-state index < -0.39 is 0 Å². The summed E-state index contributed by atoms with van der Waals surface area (Å²) >= 11 is 13.8. The topological polar surface area (TPSA) is 16.1 Å². The lowest BCUT2D eigenvalue weighted by Gasteiger charge is -2.25. The van der Waals surface area contributed by atoms with Crippen LogP contribution in [0.2, 0.25) is 5.02 Å². The Labute approximate surface area is 110 Å². The van der Waals surface area contributed by atoms with Crippen LogP contribution in [0.5, 0.6) is 0 Å². The van der Waals surface area contributed by atoms with Crippen LogP contribution in [0.25, 0.3) is 0 Å². The second kappa shape index (κ2) is 5.48. The second-order valence-electron chi connectivity index (χ2n) is 3.90. The van der Waals surface area contributed by atoms with Crippen molar-refractivity contribution in [3.63, 3.8) is 0 Å². The van der Waals surface area contributed by atoms with Crippen molar-refractivity contribution in [1.82, 2.24) is 4.98 Å². The minimum atomic E-state index is 0.432. The van der Waals surface area contributed by atoms with E-state index in [2.05, 4.69) is 16.9 Å². The molecule has 2 nitrogen and oxygen atoms in total. The van der Waals surface area contributed by atoms with Crippen LogP contribution < -0.4 is 4.90 Å². The van der Waals surface area contributed by atoms with Crippen molar-refractivity contribution in [1.29, 1.82) is 0 Å². The molecular formula is C11H14Cl2N2S. The standard InChI is InChI=1S/C11H14Cl2N2S/c1-15(9-2-3-16-7-9)11-4-8(5-12)10(13)6-14-11/h4,6,9H,2-3,5,7H2,1H3. The Kier molecular flexibility index (Phi) is 4.22. The molecule has 1 unspecified atom stereocenters. The van der Waals surface area contributed by atoms with Crippen LogP contribution in [0.15, 0.2) is 12.3 Å². The lowest BCUT2D eigenvalue weighted by Crippen LogP contribution is -2.31. The van der Waals surface area contributed by atoms with E-state index in [1.165, 1.54) is 17.9 Å². The summed E-state index contributed by atoms with van der Waals surface area (Å²) in [4.78, 5) is 6.59. The number of anilines is 1. The van der Waals surface area contributed by atoms with Crippen molar-refractivity contribution >= 4 is 40.8 Å². The fourth-order valence-corrected chi connectivity index (χ4v) is 3.51. The predicted molar refractivity (Wildman–Crippen MR) is 72.9 cm³/mol. The molecule has 1 aliphatic rings. The highest BCUT2D eigenvalue weighted by Gasteiger charge is 2.21. The van der Waals surface area contributed by atoms with Gasteiger partial charge in [0.25, 0.3) is 0 Å². The Morgan fingerprint density at radius 2 is 2.44 bits per heavy atom. The zero-order valence-electron chi connectivity index (χ0n) is 9.12. The van der Waals surface area contributed by atoms with Crippen LogP contribution in [-0.4, -0.2) is 29.6 Å². The van der Waals surface area contributed by atoms with E-state index in [1.807, 2.05) is 17.8 Å². The third-order valence-corrected chi connectivity index (χ3v) is 4.65. The molecule has 0 saturated carbocycles. The molecule has 0 N–H and O–H groups in total. The van der Waals surface area contributed by atoms with E-state index >= 15 is 0 Å². The summed E-state index contributed by atoms with van der Waals surface area (Å²) in [6, 6.07) is 2.57. The maximum atomic E-state index is 5.99. The fraction of sp³-hybridized carbons (Fsp3) is 0.545. The molecule has 0 bridgehead atoms. The normalized spacial score (nSPS) is 20.1. The number of hydrogen-bond donors (Lipinski definition) is 0. The SMILES string of the molecule is CN(c1cc(CCl)c(Cl)cn1)C1CCSC1. The Morgan fingerprint density at radius 1 is 1.62 bits per heavy atom. The van der Waals surface area contributed by atoms with Gasteiger partial charge in [-0.2, -0.15) is 11.8 Å². The van der Waals surface area contributed by atoms with Gasteiger partial charge in [-0.05, 0) is 23.8 Å². The summed E-state index contributed by atoms with van der Waals surface area (Å²) in [6.07, 6.45) is 2.91. The average molecular weight is 277 g/mol. The molecule has 1 saturated heterocycles. The van der Waals surface area contributed by atoms with Crippen molar-refractivity contribution in [2.75, 3.05) is 23.5 Å². The Hall–Kier alpha value is -0.120. The molecular weight excluding hydrogens is 263 g/mol. The van der Waals surface area contributed by atoms with E-state index in [0.717, 1.165) is 11.4 Å². The highest BCUT2D eigenvalue weighted by atomic mass is 35.5. The van der Waals surface area contributed by atoms with Crippen LogP contribution in [0.1, 0.15) is 12.0 Å². The van der Waals surface area contributed by atoms with Crippen LogP contribution in [0.4, 0.5) is 5.82 Å². The number of rotatable bonds is 3. The predicted octanol–water partition coefficient (Wildman–Crippen LogP) is 3.42. The molecule has 0 amide bonds. The number of thioether (sulfide) groups is 1. The lowest BCUT2D eigenvalue weighted by molar-refractivity contribution is 0.691. The summed E-state index contributed by atoms with van der Waals surface area (Å²) in [6.45, 7) is 0. The summed E-state index contributed by atoms with van der Waals surface area (Å²) in [7, 11) is 2.09. The van der Waals surface area contributed by atoms with Crippen LogP contribution >= 0.6 is 35.0 Å². The molecule has 1 aliphatic heterocycles. The summed E-state index contributed by atoms with van der Waals surface area (Å²) in [5, 5.41) is 0.646. The van der Waals surface area contributed by atoms with Gasteiger partial charge in [0.2, 0.25) is 0 Å². The van der Waals surface area contributed by atoms with Crippen molar-refractivity contribution < 1.29 is 0 Å². The van der Waals surface area contributed by atoms with Crippen LogP contribution in [0, 0.1) is 0 Å². The molecule has 1 atom stereocenters. The first kappa shape index (κ1) is 12.3. The van der Waals surface area contributed by atoms with Crippen LogP contribution in [-0.2, 0) is 5.88 Å². The Morgan fingerprint density at radius 3 is 3.06 bits per heavy atom. The number of nitrogens with zero attached hydrogens (tertiary/aromatic N) is 2. The summed E-state index contributed by atoms with van der Waals surface area (Å²) in [5.74, 6) is 3.82. The molecule has 88 valence electrons. The molecule has 0 spiro atoms. The van der Waals surface area contributed by atoms with Crippen molar-refractivity contribution in [3.05, 3.63) is 22.8 Å². The molecule has 0 radical (unpaired) electrons. The van der Waals surface area contributed by atoms with Gasteiger partial charge in [-0.25, -0.2) is 4.98 Å². The van der Waals surface area contributed by atoms with E-state index in [0.29, 0.717) is 16.9 Å². The van der Waals surface area contributed by atoms with Gasteiger partial charge in [-0.15, -0.1) is 11.6 Å². The molecule has 0 aromatic carbocycles. The smallest absolute Gasteiger partial charge is 0.128 e. The van der Waals surface area contributed by atoms with Gasteiger partial charge < -0.3 is 4.90 Å². The van der Waals surface area contributed by atoms with Gasteiger partial charge in [0.1, 0.15) is 5.82 Å². The zero-order chi connectivity index (χ0) is 11.5. The minimum Gasteiger partial charge on any atom is -0.356 e. The fourth-order valence-electron chi connectivity index (χ4n) is 1.78. The van der Waals surface area contributed by atoms with E-state index in [-0.39, 0.29) is 0 Å².